The Labute approximate surface area is 165 Å². The summed E-state index contributed by atoms with van der Waals surface area (Å²) < 4.78 is 65.8. The van der Waals surface area contributed by atoms with E-state index >= 15 is 0 Å². The van der Waals surface area contributed by atoms with E-state index < -0.39 is 32.3 Å². The first-order valence-electron chi connectivity index (χ1n) is 7.66. The number of rotatable bonds is 3. The number of nitrogens with zero attached hydrogens (tertiary/aromatic N) is 4. The van der Waals surface area contributed by atoms with Crippen LogP contribution in [0.4, 0.5) is 13.2 Å². The van der Waals surface area contributed by atoms with Crippen molar-refractivity contribution in [2.24, 2.45) is 7.05 Å². The van der Waals surface area contributed by atoms with Gasteiger partial charge in [0.15, 0.2) is 11.4 Å². The molecule has 0 spiro atoms. The van der Waals surface area contributed by atoms with Crippen molar-refractivity contribution in [3.63, 3.8) is 0 Å². The molecule has 0 saturated carbocycles. The van der Waals surface area contributed by atoms with Crippen molar-refractivity contribution in [1.82, 2.24) is 19.0 Å². The Morgan fingerprint density at radius 3 is 2.37 bits per heavy atom. The Morgan fingerprint density at radius 1 is 1.26 bits per heavy atom. The molecule has 7 nitrogen and oxygen atoms in total. The normalized spacial score (nSPS) is 16.7. The van der Waals surface area contributed by atoms with Crippen LogP contribution < -0.4 is 0 Å². The molecule has 2 aromatic heterocycles. The number of amides is 1. The SMILES string of the molecule is Cn1nc(C(=O)N2CCN(S(=O)(=O)c3cccs3)CC2)c(Br)c1C(F)(F)F. The molecule has 2 aromatic rings. The molecule has 1 aliphatic heterocycles. The van der Waals surface area contributed by atoms with Crippen LogP contribution >= 0.6 is 27.3 Å². The highest BCUT2D eigenvalue weighted by molar-refractivity contribution is 9.10. The number of sulfonamides is 1. The van der Waals surface area contributed by atoms with Gasteiger partial charge in [0.2, 0.25) is 0 Å². The number of aromatic nitrogens is 2. The van der Waals surface area contributed by atoms with E-state index in [-0.39, 0.29) is 36.1 Å². The fourth-order valence-corrected chi connectivity index (χ4v) is 6.06. The second-order valence-electron chi connectivity index (χ2n) is 5.76. The number of carbonyl (C=O) groups excluding carboxylic acids is 1. The van der Waals surface area contributed by atoms with E-state index in [2.05, 4.69) is 21.0 Å². The number of hydrogen-bond acceptors (Lipinski definition) is 5. The number of halogens is 4. The Hall–Kier alpha value is -1.44. The maximum Gasteiger partial charge on any atom is 0.434 e. The van der Waals surface area contributed by atoms with Gasteiger partial charge in [0.1, 0.15) is 4.21 Å². The fourth-order valence-electron chi connectivity index (χ4n) is 2.76. The molecule has 148 valence electrons. The van der Waals surface area contributed by atoms with E-state index in [1.165, 1.54) is 15.3 Å². The van der Waals surface area contributed by atoms with Crippen LogP contribution in [0.15, 0.2) is 26.2 Å². The zero-order valence-corrected chi connectivity index (χ0v) is 17.1. The lowest BCUT2D eigenvalue weighted by Gasteiger charge is -2.33. The number of hydrogen-bond donors (Lipinski definition) is 0. The van der Waals surface area contributed by atoms with Crippen LogP contribution in [0, 0.1) is 0 Å². The fraction of sp³-hybridized carbons (Fsp3) is 0.429. The second-order valence-corrected chi connectivity index (χ2v) is 9.67. The summed E-state index contributed by atoms with van der Waals surface area (Å²) in [7, 11) is -2.52. The number of carbonyl (C=O) groups is 1. The average molecular weight is 487 g/mol. The predicted molar refractivity (Wildman–Crippen MR) is 94.9 cm³/mol. The van der Waals surface area contributed by atoms with Crippen LogP contribution in [0.25, 0.3) is 0 Å². The Balaban J connectivity index is 1.75. The highest BCUT2D eigenvalue weighted by atomic mass is 79.9. The van der Waals surface area contributed by atoms with Crippen LogP contribution in [-0.2, 0) is 23.2 Å². The molecule has 1 aliphatic rings. The van der Waals surface area contributed by atoms with Gasteiger partial charge in [0, 0.05) is 33.2 Å². The first-order chi connectivity index (χ1) is 12.5. The van der Waals surface area contributed by atoms with Gasteiger partial charge >= 0.3 is 6.18 Å². The summed E-state index contributed by atoms with van der Waals surface area (Å²) in [5.41, 5.74) is -1.40. The molecular formula is C14H14BrF3N4O3S2. The molecular weight excluding hydrogens is 473 g/mol. The van der Waals surface area contributed by atoms with Gasteiger partial charge in [-0.1, -0.05) is 6.07 Å². The third-order valence-electron chi connectivity index (χ3n) is 4.08. The summed E-state index contributed by atoms with van der Waals surface area (Å²) in [6.07, 6.45) is -4.66. The number of thiophene rings is 1. The van der Waals surface area contributed by atoms with E-state index in [1.54, 1.807) is 11.4 Å². The van der Waals surface area contributed by atoms with Crippen molar-refractivity contribution in [1.29, 1.82) is 0 Å². The Bertz CT molecular complexity index is 949. The zero-order valence-electron chi connectivity index (χ0n) is 13.9. The smallest absolute Gasteiger partial charge is 0.335 e. The topological polar surface area (TPSA) is 75.5 Å². The largest absolute Gasteiger partial charge is 0.434 e. The van der Waals surface area contributed by atoms with Crippen LogP contribution in [0.1, 0.15) is 16.2 Å². The van der Waals surface area contributed by atoms with Crippen molar-refractivity contribution in [2.45, 2.75) is 10.4 Å². The lowest BCUT2D eigenvalue weighted by Crippen LogP contribution is -2.50. The minimum absolute atomic E-state index is 0.0581. The Morgan fingerprint density at radius 2 is 1.89 bits per heavy atom. The molecule has 0 aromatic carbocycles. The van der Waals surface area contributed by atoms with Crippen LogP contribution in [-0.4, -0.2) is 59.5 Å². The monoisotopic (exact) mass is 486 g/mol. The van der Waals surface area contributed by atoms with Crippen LogP contribution in [0.3, 0.4) is 0 Å². The van der Waals surface area contributed by atoms with Crippen molar-refractivity contribution >= 4 is 43.2 Å². The molecule has 0 atom stereocenters. The molecule has 0 N–H and O–H groups in total. The quantitative estimate of drug-likeness (QED) is 0.667. The van der Waals surface area contributed by atoms with Crippen molar-refractivity contribution in [2.75, 3.05) is 26.2 Å². The minimum atomic E-state index is -4.66. The highest BCUT2D eigenvalue weighted by Crippen LogP contribution is 2.36. The zero-order chi connectivity index (χ0) is 20.0. The number of alkyl halides is 3. The molecule has 1 amide bonds. The van der Waals surface area contributed by atoms with Gasteiger partial charge in [-0.25, -0.2) is 8.42 Å². The highest BCUT2D eigenvalue weighted by Gasteiger charge is 2.41. The van der Waals surface area contributed by atoms with E-state index in [4.69, 9.17) is 0 Å². The van der Waals surface area contributed by atoms with Crippen LogP contribution in [0.5, 0.6) is 0 Å². The van der Waals surface area contributed by atoms with Crippen molar-refractivity contribution in [3.05, 3.63) is 33.4 Å². The third kappa shape index (κ3) is 3.77. The molecule has 1 saturated heterocycles. The summed E-state index contributed by atoms with van der Waals surface area (Å²) in [5.74, 6) is -0.679. The first kappa shape index (κ1) is 20.3. The molecule has 0 radical (unpaired) electrons. The molecule has 27 heavy (non-hydrogen) atoms. The van der Waals surface area contributed by atoms with Crippen molar-refractivity contribution < 1.29 is 26.4 Å². The Kier molecular flexibility index (Phi) is 5.40. The molecule has 0 aliphatic carbocycles. The first-order valence-corrected chi connectivity index (χ1v) is 10.8. The molecule has 0 unspecified atom stereocenters. The maximum absolute atomic E-state index is 13.1. The van der Waals surface area contributed by atoms with Gasteiger partial charge in [-0.3, -0.25) is 9.48 Å². The van der Waals surface area contributed by atoms with Gasteiger partial charge in [0.25, 0.3) is 15.9 Å². The van der Waals surface area contributed by atoms with Gasteiger partial charge in [-0.2, -0.15) is 22.6 Å². The van der Waals surface area contributed by atoms with Gasteiger partial charge < -0.3 is 4.90 Å². The summed E-state index contributed by atoms with van der Waals surface area (Å²) in [6, 6.07) is 3.13. The molecule has 13 heteroatoms. The number of aryl methyl sites for hydroxylation is 1. The molecule has 0 bridgehead atoms. The number of piperazine rings is 1. The van der Waals surface area contributed by atoms with E-state index in [0.29, 0.717) is 4.68 Å². The van der Waals surface area contributed by atoms with Crippen molar-refractivity contribution in [3.8, 4) is 0 Å². The molecule has 3 rings (SSSR count). The molecule has 1 fully saturated rings. The predicted octanol–water partition coefficient (Wildman–Crippen LogP) is 2.41. The average Bonchev–Trinajstić information content (AvgIpc) is 3.22. The van der Waals surface area contributed by atoms with E-state index in [1.807, 2.05) is 0 Å². The summed E-state index contributed by atoms with van der Waals surface area (Å²) >= 11 is 3.92. The summed E-state index contributed by atoms with van der Waals surface area (Å²) in [6.45, 7) is 0.243. The van der Waals surface area contributed by atoms with E-state index in [0.717, 1.165) is 18.4 Å². The van der Waals surface area contributed by atoms with Gasteiger partial charge in [0.05, 0.1) is 4.47 Å². The lowest BCUT2D eigenvalue weighted by atomic mass is 10.3. The maximum atomic E-state index is 13.1. The van der Waals surface area contributed by atoms with Gasteiger partial charge in [-0.05, 0) is 27.4 Å². The third-order valence-corrected chi connectivity index (χ3v) is 8.10. The summed E-state index contributed by atoms with van der Waals surface area (Å²) in [5, 5.41) is 5.34. The molecule has 3 heterocycles. The lowest BCUT2D eigenvalue weighted by molar-refractivity contribution is -0.144. The summed E-state index contributed by atoms with van der Waals surface area (Å²) in [4.78, 5) is 13.9. The van der Waals surface area contributed by atoms with Gasteiger partial charge in [-0.15, -0.1) is 11.3 Å². The van der Waals surface area contributed by atoms with Crippen LogP contribution in [0.2, 0.25) is 0 Å². The minimum Gasteiger partial charge on any atom is -0.335 e. The second kappa shape index (κ2) is 7.18. The standard InChI is InChI=1S/C14H14BrF3N4O3S2/c1-20-12(14(16,17)18)10(15)11(19-20)13(23)21-4-6-22(7-5-21)27(24,25)9-3-2-8-26-9/h2-3,8H,4-7H2,1H3. The van der Waals surface area contributed by atoms with E-state index in [9.17, 15) is 26.4 Å².